The summed E-state index contributed by atoms with van der Waals surface area (Å²) >= 11 is 0. The second-order valence-electron chi connectivity index (χ2n) is 5.92. The number of carbonyl (C=O) groups is 1. The van der Waals surface area contributed by atoms with Crippen LogP contribution in [-0.4, -0.2) is 12.0 Å². The Morgan fingerprint density at radius 2 is 1.88 bits per heavy atom. The van der Waals surface area contributed by atoms with Crippen LogP contribution in [0, 0.1) is 5.92 Å². The minimum Gasteiger partial charge on any atom is -0.456 e. The first-order valence-electron chi connectivity index (χ1n) is 7.94. The number of hydrogen-bond donors (Lipinski definition) is 1. The molecule has 1 aromatic heterocycles. The molecule has 0 bridgehead atoms. The fourth-order valence-corrected chi connectivity index (χ4v) is 2.52. The maximum absolute atomic E-state index is 12.5. The van der Waals surface area contributed by atoms with E-state index in [0.29, 0.717) is 27.7 Å². The molecule has 2 atom stereocenters. The molecule has 3 rings (SSSR count). The van der Waals surface area contributed by atoms with E-state index in [1.54, 1.807) is 42.5 Å². The number of esters is 1. The minimum absolute atomic E-state index is 0.0276. The number of rotatable bonds is 4. The van der Waals surface area contributed by atoms with Crippen molar-refractivity contribution in [1.82, 2.24) is 0 Å². The van der Waals surface area contributed by atoms with Gasteiger partial charge in [0, 0.05) is 6.07 Å². The summed E-state index contributed by atoms with van der Waals surface area (Å²) in [6.45, 7) is 3.87. The van der Waals surface area contributed by atoms with Crippen molar-refractivity contribution in [1.29, 1.82) is 0 Å². The fraction of sp³-hybridized carbons (Fsp3) is 0.263. The van der Waals surface area contributed by atoms with Gasteiger partial charge in [-0.3, -0.25) is 4.79 Å². The number of nitrogens with two attached hydrogens (primary N) is 1. The highest BCUT2D eigenvalue weighted by Crippen LogP contribution is 2.23. The molecule has 24 heavy (non-hydrogen) atoms. The molecule has 0 amide bonds. The average molecular weight is 325 g/mol. The van der Waals surface area contributed by atoms with Crippen LogP contribution < -0.4 is 15.9 Å². The predicted octanol–water partition coefficient (Wildman–Crippen LogP) is 3.23. The Kier molecular flexibility index (Phi) is 4.36. The monoisotopic (exact) mass is 325 g/mol. The molecule has 0 fully saturated rings. The summed E-state index contributed by atoms with van der Waals surface area (Å²) in [6.07, 6.45) is 0.787. The predicted molar refractivity (Wildman–Crippen MR) is 93.1 cm³/mol. The Labute approximate surface area is 139 Å². The van der Waals surface area contributed by atoms with Crippen molar-refractivity contribution in [3.8, 4) is 5.75 Å². The molecule has 2 N–H and O–H groups in total. The largest absolute Gasteiger partial charge is 0.456 e. The molecule has 0 aliphatic carbocycles. The quantitative estimate of drug-likeness (QED) is 0.452. The van der Waals surface area contributed by atoms with Crippen LogP contribution in [0.25, 0.3) is 21.9 Å². The summed E-state index contributed by atoms with van der Waals surface area (Å²) < 4.78 is 11.1. The molecule has 3 aromatic rings. The number of ether oxygens (including phenoxy) is 1. The van der Waals surface area contributed by atoms with Gasteiger partial charge in [-0.1, -0.05) is 32.4 Å². The first kappa shape index (κ1) is 16.2. The van der Waals surface area contributed by atoms with E-state index in [0.717, 1.165) is 6.42 Å². The third kappa shape index (κ3) is 2.90. The van der Waals surface area contributed by atoms with E-state index in [1.807, 2.05) is 13.8 Å². The third-order valence-electron chi connectivity index (χ3n) is 4.30. The Morgan fingerprint density at radius 1 is 1.17 bits per heavy atom. The number of benzene rings is 2. The summed E-state index contributed by atoms with van der Waals surface area (Å²) in [5.41, 5.74) is 6.64. The lowest BCUT2D eigenvalue weighted by Crippen LogP contribution is -2.39. The standard InChI is InChI=1S/C19H19NO4/c1-3-11(2)17(20)19(22)23-12-8-9-14-16(10-12)24-15-7-5-4-6-13(15)18(14)21/h4-11,17H,3,20H2,1-2H3/t11-,17-/m0/s1. The molecular weight excluding hydrogens is 306 g/mol. The van der Waals surface area contributed by atoms with Gasteiger partial charge in [-0.25, -0.2) is 4.79 Å². The van der Waals surface area contributed by atoms with Gasteiger partial charge >= 0.3 is 5.97 Å². The maximum atomic E-state index is 12.5. The number of para-hydroxylation sites is 1. The zero-order valence-electron chi connectivity index (χ0n) is 13.6. The number of hydrogen-bond acceptors (Lipinski definition) is 5. The van der Waals surface area contributed by atoms with Gasteiger partial charge in [-0.2, -0.15) is 0 Å². The summed E-state index contributed by atoms with van der Waals surface area (Å²) in [5, 5.41) is 0.966. The lowest BCUT2D eigenvalue weighted by molar-refractivity contribution is -0.137. The SMILES string of the molecule is CC[C@H](C)[C@H](N)C(=O)Oc1ccc2c(=O)c3ccccc3oc2c1. The zero-order valence-corrected chi connectivity index (χ0v) is 13.6. The first-order chi connectivity index (χ1) is 11.5. The highest BCUT2D eigenvalue weighted by atomic mass is 16.5. The third-order valence-corrected chi connectivity index (χ3v) is 4.30. The lowest BCUT2D eigenvalue weighted by Gasteiger charge is -2.16. The highest BCUT2D eigenvalue weighted by molar-refractivity contribution is 5.90. The van der Waals surface area contributed by atoms with Crippen molar-refractivity contribution in [3.05, 3.63) is 52.7 Å². The maximum Gasteiger partial charge on any atom is 0.328 e. The van der Waals surface area contributed by atoms with Crippen molar-refractivity contribution >= 4 is 27.9 Å². The average Bonchev–Trinajstić information content (AvgIpc) is 2.60. The smallest absolute Gasteiger partial charge is 0.328 e. The molecule has 5 nitrogen and oxygen atoms in total. The molecule has 0 saturated carbocycles. The van der Waals surface area contributed by atoms with Gasteiger partial charge in [-0.05, 0) is 30.2 Å². The molecule has 0 aliphatic heterocycles. The fourth-order valence-electron chi connectivity index (χ4n) is 2.52. The van der Waals surface area contributed by atoms with Crippen molar-refractivity contribution in [3.63, 3.8) is 0 Å². The summed E-state index contributed by atoms with van der Waals surface area (Å²) in [5.74, 6) is -0.156. The molecular formula is C19H19NO4. The van der Waals surface area contributed by atoms with Crippen LogP contribution in [0.4, 0.5) is 0 Å². The van der Waals surface area contributed by atoms with Gasteiger partial charge in [0.2, 0.25) is 5.43 Å². The molecule has 0 spiro atoms. The van der Waals surface area contributed by atoms with Gasteiger partial charge in [0.05, 0.1) is 10.8 Å². The van der Waals surface area contributed by atoms with Crippen LogP contribution >= 0.6 is 0 Å². The molecule has 0 aliphatic rings. The molecule has 1 heterocycles. The Morgan fingerprint density at radius 3 is 2.62 bits per heavy atom. The normalized spacial score (nSPS) is 13.8. The van der Waals surface area contributed by atoms with E-state index in [4.69, 9.17) is 14.9 Å². The highest BCUT2D eigenvalue weighted by Gasteiger charge is 2.21. The van der Waals surface area contributed by atoms with Crippen LogP contribution in [0.3, 0.4) is 0 Å². The summed E-state index contributed by atoms with van der Waals surface area (Å²) in [4.78, 5) is 24.6. The second kappa shape index (κ2) is 6.45. The molecule has 0 radical (unpaired) electrons. The molecule has 124 valence electrons. The van der Waals surface area contributed by atoms with Crippen molar-refractivity contribution < 1.29 is 13.9 Å². The van der Waals surface area contributed by atoms with Crippen LogP contribution in [0.15, 0.2) is 51.7 Å². The lowest BCUT2D eigenvalue weighted by atomic mass is 10.0. The van der Waals surface area contributed by atoms with Gasteiger partial charge < -0.3 is 14.9 Å². The number of carbonyl (C=O) groups excluding carboxylic acids is 1. The van der Waals surface area contributed by atoms with E-state index in [2.05, 4.69) is 0 Å². The van der Waals surface area contributed by atoms with E-state index in [9.17, 15) is 9.59 Å². The Hall–Kier alpha value is -2.66. The van der Waals surface area contributed by atoms with Crippen LogP contribution in [0.1, 0.15) is 20.3 Å². The molecule has 2 aromatic carbocycles. The van der Waals surface area contributed by atoms with Gasteiger partial charge in [0.25, 0.3) is 0 Å². The Bertz CT molecular complexity index is 960. The van der Waals surface area contributed by atoms with E-state index < -0.39 is 12.0 Å². The van der Waals surface area contributed by atoms with Crippen molar-refractivity contribution in [2.75, 3.05) is 0 Å². The summed E-state index contributed by atoms with van der Waals surface area (Å²) in [6, 6.07) is 11.1. The molecule has 0 unspecified atom stereocenters. The van der Waals surface area contributed by atoms with Crippen LogP contribution in [0.2, 0.25) is 0 Å². The van der Waals surface area contributed by atoms with Crippen LogP contribution in [0.5, 0.6) is 5.75 Å². The topological polar surface area (TPSA) is 82.5 Å². The number of fused-ring (bicyclic) bond motifs is 2. The van der Waals surface area contributed by atoms with Crippen molar-refractivity contribution in [2.24, 2.45) is 11.7 Å². The van der Waals surface area contributed by atoms with E-state index >= 15 is 0 Å². The van der Waals surface area contributed by atoms with E-state index in [-0.39, 0.29) is 11.3 Å². The summed E-state index contributed by atoms with van der Waals surface area (Å²) in [7, 11) is 0. The minimum atomic E-state index is -0.686. The van der Waals surface area contributed by atoms with Crippen LogP contribution in [-0.2, 0) is 4.79 Å². The molecule has 0 saturated heterocycles. The van der Waals surface area contributed by atoms with Gasteiger partial charge in [-0.15, -0.1) is 0 Å². The molecule has 5 heteroatoms. The zero-order chi connectivity index (χ0) is 17.3. The van der Waals surface area contributed by atoms with Gasteiger partial charge in [0.15, 0.2) is 0 Å². The van der Waals surface area contributed by atoms with Gasteiger partial charge in [0.1, 0.15) is 23.0 Å². The Balaban J connectivity index is 1.98. The first-order valence-corrected chi connectivity index (χ1v) is 7.94. The van der Waals surface area contributed by atoms with E-state index in [1.165, 1.54) is 0 Å². The van der Waals surface area contributed by atoms with Crippen molar-refractivity contribution in [2.45, 2.75) is 26.3 Å². The second-order valence-corrected chi connectivity index (χ2v) is 5.92.